The van der Waals surface area contributed by atoms with Crippen LogP contribution in [0.4, 0.5) is 0 Å². The van der Waals surface area contributed by atoms with Gasteiger partial charge in [-0.05, 0) is 36.9 Å². The Hall–Kier alpha value is -0.900. The lowest BCUT2D eigenvalue weighted by molar-refractivity contribution is -0.0848. The van der Waals surface area contributed by atoms with Crippen LogP contribution in [0.15, 0.2) is 24.3 Å². The smallest absolute Gasteiger partial charge is 0.107 e. The van der Waals surface area contributed by atoms with E-state index >= 15 is 0 Å². The number of rotatable bonds is 3. The molecule has 19 heavy (non-hydrogen) atoms. The fourth-order valence-corrected chi connectivity index (χ4v) is 3.07. The van der Waals surface area contributed by atoms with Crippen LogP contribution in [-0.2, 0) is 4.74 Å². The number of likely N-dealkylation sites (N-methyl/N-ethyl adjacent to an activating group) is 1. The average Bonchev–Trinajstić information content (AvgIpc) is 2.37. The minimum absolute atomic E-state index is 0.0972. The van der Waals surface area contributed by atoms with Crippen LogP contribution in [0.3, 0.4) is 0 Å². The monoisotopic (exact) mass is 261 g/mol. The van der Waals surface area contributed by atoms with Gasteiger partial charge in [-0.25, -0.2) is 0 Å². The molecular weight excluding hydrogens is 238 g/mol. The Bertz CT molecular complexity index is 431. The summed E-state index contributed by atoms with van der Waals surface area (Å²) < 4.78 is 5.76. The molecule has 0 spiro atoms. The second-order valence-electron chi connectivity index (χ2n) is 5.87. The maximum absolute atomic E-state index is 10.7. The lowest BCUT2D eigenvalue weighted by Crippen LogP contribution is -2.43. The predicted molar refractivity (Wildman–Crippen MR) is 75.2 cm³/mol. The average molecular weight is 261 g/mol. The third-order valence-corrected chi connectivity index (χ3v) is 4.51. The fourth-order valence-electron chi connectivity index (χ4n) is 3.07. The second-order valence-corrected chi connectivity index (χ2v) is 5.87. The van der Waals surface area contributed by atoms with Crippen LogP contribution in [-0.4, -0.2) is 42.9 Å². The normalized spacial score (nSPS) is 26.9. The van der Waals surface area contributed by atoms with Gasteiger partial charge in [0.2, 0.25) is 0 Å². The Balaban J connectivity index is 1.80. The Morgan fingerprint density at radius 1 is 1.32 bits per heavy atom. The number of hydrogen-bond donors (Lipinski definition) is 1. The van der Waals surface area contributed by atoms with Gasteiger partial charge in [-0.1, -0.05) is 30.7 Å². The highest BCUT2D eigenvalue weighted by atomic mass is 16.5. The molecule has 0 amide bonds. The largest absolute Gasteiger partial charge is 0.386 e. The molecule has 3 rings (SSSR count). The van der Waals surface area contributed by atoms with E-state index < -0.39 is 6.10 Å². The van der Waals surface area contributed by atoms with Gasteiger partial charge >= 0.3 is 0 Å². The Labute approximate surface area is 115 Å². The molecule has 1 N–H and O–H groups in total. The molecule has 3 nitrogen and oxygen atoms in total. The molecule has 1 aliphatic heterocycles. The van der Waals surface area contributed by atoms with Crippen molar-refractivity contribution in [3.05, 3.63) is 35.4 Å². The van der Waals surface area contributed by atoms with Crippen LogP contribution in [0.5, 0.6) is 0 Å². The van der Waals surface area contributed by atoms with Gasteiger partial charge in [0.1, 0.15) is 12.2 Å². The van der Waals surface area contributed by atoms with Crippen molar-refractivity contribution in [3.8, 4) is 0 Å². The first-order valence-electron chi connectivity index (χ1n) is 7.33. The molecular formula is C16H23NO2. The summed E-state index contributed by atoms with van der Waals surface area (Å²) in [5, 5.41) is 10.7. The number of ether oxygens (including phenoxy) is 1. The molecule has 1 aliphatic carbocycles. The summed E-state index contributed by atoms with van der Waals surface area (Å²) in [7, 11) is 2.08. The third kappa shape index (κ3) is 2.69. The predicted octanol–water partition coefficient (Wildman–Crippen LogP) is 2.32. The number of benzene rings is 1. The fraction of sp³-hybridized carbons (Fsp3) is 0.625. The molecule has 2 atom stereocenters. The van der Waals surface area contributed by atoms with Gasteiger partial charge in [0.25, 0.3) is 0 Å². The number of hydrogen-bond acceptors (Lipinski definition) is 3. The zero-order chi connectivity index (χ0) is 13.2. The molecule has 0 radical (unpaired) electrons. The van der Waals surface area contributed by atoms with Crippen LogP contribution in [0.1, 0.15) is 42.4 Å². The van der Waals surface area contributed by atoms with Crippen LogP contribution in [0, 0.1) is 0 Å². The minimum atomic E-state index is -0.500. The van der Waals surface area contributed by atoms with Gasteiger partial charge < -0.3 is 14.7 Å². The van der Waals surface area contributed by atoms with Crippen molar-refractivity contribution >= 4 is 0 Å². The van der Waals surface area contributed by atoms with Crippen molar-refractivity contribution < 1.29 is 9.84 Å². The number of aliphatic hydroxyl groups excluding tert-OH is 1. The summed E-state index contributed by atoms with van der Waals surface area (Å²) in [4.78, 5) is 2.23. The Morgan fingerprint density at radius 2 is 2.11 bits per heavy atom. The van der Waals surface area contributed by atoms with Crippen molar-refractivity contribution in [1.82, 2.24) is 4.90 Å². The summed E-state index contributed by atoms with van der Waals surface area (Å²) in [6, 6.07) is 8.34. The minimum Gasteiger partial charge on any atom is -0.386 e. The zero-order valence-corrected chi connectivity index (χ0v) is 11.6. The molecule has 1 aromatic carbocycles. The third-order valence-electron chi connectivity index (χ3n) is 4.51. The number of aliphatic hydroxyl groups is 1. The first kappa shape index (κ1) is 13.1. The van der Waals surface area contributed by atoms with Crippen molar-refractivity contribution in [2.75, 3.05) is 26.7 Å². The van der Waals surface area contributed by atoms with Crippen molar-refractivity contribution in [1.29, 1.82) is 0 Å². The number of morpholine rings is 1. The molecule has 1 saturated heterocycles. The summed E-state index contributed by atoms with van der Waals surface area (Å²) in [6.07, 6.45) is 3.24. The van der Waals surface area contributed by atoms with Gasteiger partial charge in [0.15, 0.2) is 0 Å². The zero-order valence-electron chi connectivity index (χ0n) is 11.6. The van der Waals surface area contributed by atoms with E-state index in [-0.39, 0.29) is 6.10 Å². The van der Waals surface area contributed by atoms with Crippen LogP contribution in [0.2, 0.25) is 0 Å². The van der Waals surface area contributed by atoms with E-state index in [1.165, 1.54) is 24.8 Å². The highest BCUT2D eigenvalue weighted by Crippen LogP contribution is 2.40. The first-order valence-corrected chi connectivity index (χ1v) is 7.33. The molecule has 104 valence electrons. The molecule has 1 aromatic rings. The van der Waals surface area contributed by atoms with Crippen LogP contribution >= 0.6 is 0 Å². The molecule has 2 aliphatic rings. The summed E-state index contributed by atoms with van der Waals surface area (Å²) >= 11 is 0. The summed E-state index contributed by atoms with van der Waals surface area (Å²) in [5.74, 6) is 0.646. The van der Waals surface area contributed by atoms with E-state index in [1.807, 2.05) is 6.07 Å². The van der Waals surface area contributed by atoms with E-state index in [9.17, 15) is 5.11 Å². The molecule has 0 bridgehead atoms. The van der Waals surface area contributed by atoms with Gasteiger partial charge in [-0.2, -0.15) is 0 Å². The Kier molecular flexibility index (Phi) is 3.87. The highest BCUT2D eigenvalue weighted by molar-refractivity contribution is 5.34. The Morgan fingerprint density at radius 3 is 2.79 bits per heavy atom. The van der Waals surface area contributed by atoms with E-state index in [2.05, 4.69) is 30.1 Å². The lowest BCUT2D eigenvalue weighted by atomic mass is 9.77. The van der Waals surface area contributed by atoms with Crippen molar-refractivity contribution in [2.24, 2.45) is 0 Å². The summed E-state index contributed by atoms with van der Waals surface area (Å²) in [5.41, 5.74) is 2.41. The van der Waals surface area contributed by atoms with E-state index in [4.69, 9.17) is 4.74 Å². The number of nitrogens with zero attached hydrogens (tertiary/aromatic N) is 1. The molecule has 1 heterocycles. The molecule has 2 unspecified atom stereocenters. The second kappa shape index (κ2) is 5.61. The van der Waals surface area contributed by atoms with E-state index in [1.54, 1.807) is 0 Å². The van der Waals surface area contributed by atoms with Gasteiger partial charge in [0.05, 0.1) is 6.61 Å². The molecule has 0 aromatic heterocycles. The highest BCUT2D eigenvalue weighted by Gasteiger charge is 2.30. The SMILES string of the molecule is CN1CCOC(C(O)c2ccccc2C2CCC2)C1. The standard InChI is InChI=1S/C16H23NO2/c1-17-9-10-19-15(11-17)16(18)14-8-3-2-7-13(14)12-5-4-6-12/h2-3,7-8,12,15-16,18H,4-6,9-11H2,1H3. The van der Waals surface area contributed by atoms with Gasteiger partial charge in [0, 0.05) is 13.1 Å². The van der Waals surface area contributed by atoms with Crippen LogP contribution < -0.4 is 0 Å². The molecule has 3 heteroatoms. The maximum atomic E-state index is 10.7. The van der Waals surface area contributed by atoms with Crippen molar-refractivity contribution in [2.45, 2.75) is 37.4 Å². The van der Waals surface area contributed by atoms with Crippen molar-refractivity contribution in [3.63, 3.8) is 0 Å². The van der Waals surface area contributed by atoms with Crippen LogP contribution in [0.25, 0.3) is 0 Å². The maximum Gasteiger partial charge on any atom is 0.107 e. The molecule has 2 fully saturated rings. The van der Waals surface area contributed by atoms with Gasteiger partial charge in [-0.3, -0.25) is 0 Å². The van der Waals surface area contributed by atoms with E-state index in [0.29, 0.717) is 12.5 Å². The lowest BCUT2D eigenvalue weighted by Gasteiger charge is -2.35. The summed E-state index contributed by atoms with van der Waals surface area (Å²) in [6.45, 7) is 2.47. The molecule has 1 saturated carbocycles. The first-order chi connectivity index (χ1) is 9.25. The topological polar surface area (TPSA) is 32.7 Å². The quantitative estimate of drug-likeness (QED) is 0.906. The van der Waals surface area contributed by atoms with Gasteiger partial charge in [-0.15, -0.1) is 0 Å². The van der Waals surface area contributed by atoms with E-state index in [0.717, 1.165) is 18.7 Å².